The number of aromatic nitrogens is 3. The number of nitrogens with one attached hydrogen (secondary N) is 1. The highest BCUT2D eigenvalue weighted by molar-refractivity contribution is 7.97. The zero-order chi connectivity index (χ0) is 8.55. The number of aryl methyl sites for hydroxylation is 1. The Balaban J connectivity index is 2.39. The molecular weight excluding hydrogens is 174 g/mol. The summed E-state index contributed by atoms with van der Waals surface area (Å²) in [5.41, 5.74) is 0. The van der Waals surface area contributed by atoms with E-state index in [2.05, 4.69) is 15.2 Å². The van der Waals surface area contributed by atoms with Gasteiger partial charge in [-0.05, 0) is 13.0 Å². The van der Waals surface area contributed by atoms with Gasteiger partial charge < -0.3 is 0 Å². The van der Waals surface area contributed by atoms with E-state index in [4.69, 9.17) is 0 Å². The molecule has 0 bridgehead atoms. The number of H-pyrrole nitrogens is 1. The van der Waals surface area contributed by atoms with Gasteiger partial charge in [0.1, 0.15) is 5.82 Å². The monoisotopic (exact) mass is 181 g/mol. The second-order valence-corrected chi connectivity index (χ2v) is 3.71. The number of hydrogen-bond acceptors (Lipinski definition) is 3. The van der Waals surface area contributed by atoms with Gasteiger partial charge in [0.25, 0.3) is 0 Å². The molecule has 0 aliphatic carbocycles. The topological polar surface area (TPSA) is 58.6 Å². The average Bonchev–Trinajstić information content (AvgIpc) is 2.58. The summed E-state index contributed by atoms with van der Waals surface area (Å²) >= 11 is 0. The smallest absolute Gasteiger partial charge is 0.190 e. The van der Waals surface area contributed by atoms with Gasteiger partial charge in [-0.3, -0.25) is 5.10 Å². The van der Waals surface area contributed by atoms with Crippen molar-refractivity contribution in [3.05, 3.63) is 29.2 Å². The fourth-order valence-corrected chi connectivity index (χ4v) is 1.81. The van der Waals surface area contributed by atoms with Crippen LogP contribution >= 0.6 is 0 Å². The zero-order valence-electron chi connectivity index (χ0n) is 6.44. The second-order valence-electron chi connectivity index (χ2n) is 2.40. The van der Waals surface area contributed by atoms with E-state index >= 15 is 0 Å². The Morgan fingerprint density at radius 3 is 2.92 bits per heavy atom. The predicted octanol–water partition coefficient (Wildman–Crippen LogP) is 0.730. The summed E-state index contributed by atoms with van der Waals surface area (Å²) in [7, 11) is -1.06. The van der Waals surface area contributed by atoms with E-state index in [9.17, 15) is 4.21 Å². The van der Waals surface area contributed by atoms with Gasteiger partial charge in [0, 0.05) is 5.41 Å². The van der Waals surface area contributed by atoms with Crippen molar-refractivity contribution in [1.29, 1.82) is 0 Å². The number of allylic oxidation sites excluding steroid dienone is 2. The fraction of sp³-hybridized carbons (Fsp3) is 0.143. The number of rotatable bonds is 1. The van der Waals surface area contributed by atoms with Crippen LogP contribution in [0.3, 0.4) is 0 Å². The van der Waals surface area contributed by atoms with E-state index in [1.54, 1.807) is 17.6 Å². The minimum atomic E-state index is -1.06. The maximum atomic E-state index is 11.2. The minimum absolute atomic E-state index is 0.524. The Bertz CT molecular complexity index is 391. The van der Waals surface area contributed by atoms with Gasteiger partial charge in [-0.2, -0.15) is 5.10 Å². The van der Waals surface area contributed by atoms with Crippen molar-refractivity contribution in [2.24, 2.45) is 0 Å². The van der Waals surface area contributed by atoms with Crippen molar-refractivity contribution in [3.63, 3.8) is 0 Å². The van der Waals surface area contributed by atoms with Crippen molar-refractivity contribution in [2.75, 3.05) is 0 Å². The summed E-state index contributed by atoms with van der Waals surface area (Å²) in [5, 5.41) is 8.22. The van der Waals surface area contributed by atoms with Gasteiger partial charge in [0.2, 0.25) is 0 Å². The molecule has 0 fully saturated rings. The van der Waals surface area contributed by atoms with Crippen LogP contribution in [0.2, 0.25) is 0 Å². The molecule has 0 amide bonds. The minimum Gasteiger partial charge on any atom is -0.263 e. The Hall–Kier alpha value is -1.23. The molecule has 2 rings (SSSR count). The lowest BCUT2D eigenvalue weighted by molar-refractivity contribution is 0.694. The van der Waals surface area contributed by atoms with Gasteiger partial charge in [-0.25, -0.2) is 9.19 Å². The Kier molecular flexibility index (Phi) is 1.65. The first kappa shape index (κ1) is 7.42. The molecule has 1 atom stereocenters. The molecule has 0 saturated heterocycles. The van der Waals surface area contributed by atoms with Crippen LogP contribution in [0.15, 0.2) is 17.6 Å². The van der Waals surface area contributed by atoms with Gasteiger partial charge in [-0.1, -0.05) is 6.08 Å². The standard InChI is InChI=1S/C7H7N3OS/c1-5-8-7(10-9-5)6-3-2-4-12(6)11/h2-4H,1H3,(H,8,9,10). The summed E-state index contributed by atoms with van der Waals surface area (Å²) in [6.07, 6.45) is 3.51. The largest absolute Gasteiger partial charge is 0.263 e. The van der Waals surface area contributed by atoms with Crippen molar-refractivity contribution in [3.8, 4) is 0 Å². The highest BCUT2D eigenvalue weighted by Gasteiger charge is 2.14. The van der Waals surface area contributed by atoms with Gasteiger partial charge in [-0.15, -0.1) is 0 Å². The molecule has 0 aromatic carbocycles. The van der Waals surface area contributed by atoms with E-state index in [1.165, 1.54) is 0 Å². The van der Waals surface area contributed by atoms with E-state index in [0.29, 0.717) is 10.7 Å². The van der Waals surface area contributed by atoms with Gasteiger partial charge in [0.05, 0.1) is 15.7 Å². The van der Waals surface area contributed by atoms with Crippen LogP contribution in [-0.4, -0.2) is 19.4 Å². The summed E-state index contributed by atoms with van der Waals surface area (Å²) in [5.74, 6) is 1.26. The molecule has 12 heavy (non-hydrogen) atoms. The van der Waals surface area contributed by atoms with Crippen molar-refractivity contribution < 1.29 is 4.21 Å². The molecule has 1 aromatic heterocycles. The molecule has 62 valence electrons. The lowest BCUT2D eigenvalue weighted by Crippen LogP contribution is -1.90. The number of hydrogen-bond donors (Lipinski definition) is 1. The van der Waals surface area contributed by atoms with E-state index in [1.807, 2.05) is 6.92 Å². The third-order valence-corrected chi connectivity index (χ3v) is 2.64. The number of nitrogens with zero attached hydrogens (tertiary/aromatic N) is 2. The number of aromatic amines is 1. The highest BCUT2D eigenvalue weighted by atomic mass is 32.2. The highest BCUT2D eigenvalue weighted by Crippen LogP contribution is 2.19. The molecule has 1 unspecified atom stereocenters. The lowest BCUT2D eigenvalue weighted by Gasteiger charge is -1.90. The van der Waals surface area contributed by atoms with Crippen LogP contribution in [0.25, 0.3) is 4.91 Å². The van der Waals surface area contributed by atoms with Crippen LogP contribution in [0.4, 0.5) is 0 Å². The molecule has 1 aliphatic heterocycles. The first-order valence-corrected chi connectivity index (χ1v) is 4.67. The van der Waals surface area contributed by atoms with Gasteiger partial charge >= 0.3 is 0 Å². The maximum absolute atomic E-state index is 11.2. The molecule has 1 aromatic rings. The van der Waals surface area contributed by atoms with Crippen molar-refractivity contribution in [1.82, 2.24) is 15.2 Å². The molecule has 1 N–H and O–H groups in total. The third-order valence-electron chi connectivity index (χ3n) is 1.48. The second kappa shape index (κ2) is 2.67. The molecule has 4 nitrogen and oxygen atoms in total. The Morgan fingerprint density at radius 2 is 2.42 bits per heavy atom. The molecule has 0 radical (unpaired) electrons. The summed E-state index contributed by atoms with van der Waals surface area (Å²) in [6, 6.07) is 0. The Labute approximate surface area is 71.9 Å². The molecule has 0 saturated carbocycles. The SMILES string of the molecule is Cc1nc(C2=CC=CS2=O)n[nH]1. The maximum Gasteiger partial charge on any atom is 0.190 e. The van der Waals surface area contributed by atoms with Crippen LogP contribution in [-0.2, 0) is 10.8 Å². The molecule has 2 heterocycles. The Morgan fingerprint density at radius 1 is 1.58 bits per heavy atom. The van der Waals surface area contributed by atoms with Crippen molar-refractivity contribution >= 4 is 15.7 Å². The normalized spacial score (nSPS) is 21.4. The lowest BCUT2D eigenvalue weighted by atomic mass is 10.5. The van der Waals surface area contributed by atoms with Gasteiger partial charge in [0.15, 0.2) is 5.82 Å². The zero-order valence-corrected chi connectivity index (χ0v) is 7.26. The third kappa shape index (κ3) is 1.12. The predicted molar refractivity (Wildman–Crippen MR) is 46.4 cm³/mol. The molecule has 0 spiro atoms. The molecular formula is C7H7N3OS. The average molecular weight is 181 g/mol. The fourth-order valence-electron chi connectivity index (χ4n) is 0.956. The van der Waals surface area contributed by atoms with E-state index in [0.717, 1.165) is 5.82 Å². The van der Waals surface area contributed by atoms with Crippen LogP contribution in [0.1, 0.15) is 11.6 Å². The van der Waals surface area contributed by atoms with Crippen LogP contribution < -0.4 is 0 Å². The van der Waals surface area contributed by atoms with Crippen LogP contribution in [0.5, 0.6) is 0 Å². The molecule has 5 heteroatoms. The summed E-state index contributed by atoms with van der Waals surface area (Å²) < 4.78 is 11.2. The van der Waals surface area contributed by atoms with Crippen molar-refractivity contribution in [2.45, 2.75) is 6.92 Å². The summed E-state index contributed by atoms with van der Waals surface area (Å²) in [4.78, 5) is 4.74. The van der Waals surface area contributed by atoms with Crippen LogP contribution in [0, 0.1) is 6.92 Å². The molecule has 1 aliphatic rings. The van der Waals surface area contributed by atoms with E-state index < -0.39 is 10.8 Å². The van der Waals surface area contributed by atoms with E-state index in [-0.39, 0.29) is 0 Å². The quantitative estimate of drug-likeness (QED) is 0.694. The summed E-state index contributed by atoms with van der Waals surface area (Å²) in [6.45, 7) is 1.81. The first-order valence-electron chi connectivity index (χ1n) is 3.46. The first-order chi connectivity index (χ1) is 5.77.